The predicted molar refractivity (Wildman–Crippen MR) is 76.6 cm³/mol. The van der Waals surface area contributed by atoms with Gasteiger partial charge in [0, 0.05) is 6.07 Å². The van der Waals surface area contributed by atoms with Gasteiger partial charge in [0.1, 0.15) is 16.8 Å². The number of benzene rings is 1. The molecule has 7 nitrogen and oxygen atoms in total. The molecule has 3 aromatic heterocycles. The Balaban J connectivity index is 2.02. The Hall–Kier alpha value is -2.67. The van der Waals surface area contributed by atoms with Crippen molar-refractivity contribution < 1.29 is 9.30 Å². The molecule has 0 unspecified atom stereocenters. The van der Waals surface area contributed by atoms with E-state index in [0.717, 1.165) is 22.3 Å². The van der Waals surface area contributed by atoms with Gasteiger partial charge in [-0.15, -0.1) is 0 Å². The third kappa shape index (κ3) is 1.82. The van der Waals surface area contributed by atoms with Gasteiger partial charge >= 0.3 is 5.28 Å². The number of H-pyrrole nitrogens is 2. The maximum atomic E-state index is 5.98. The van der Waals surface area contributed by atoms with Gasteiger partial charge in [-0.3, -0.25) is 4.98 Å². The SMILES string of the molecule is COc1ccc2c(c1)[nH]c[n+]2-c1nc(Cl)nc2nc[nH]c12. The maximum absolute atomic E-state index is 5.98. The van der Waals surface area contributed by atoms with Crippen LogP contribution >= 0.6 is 11.6 Å². The standard InChI is InChI=1S/C13H9ClN6O/c1-21-7-2-3-9-8(4-7)17-6-20(9)12-10-11(16-5-15-10)18-13(14)19-12/h2-6H,1H3,(H,15,16,18,19)/p+1. The molecular formula is C13H10ClN6O+. The molecule has 21 heavy (non-hydrogen) atoms. The van der Waals surface area contributed by atoms with Gasteiger partial charge in [0.15, 0.2) is 17.5 Å². The summed E-state index contributed by atoms with van der Waals surface area (Å²) in [5, 5.41) is 0.153. The lowest BCUT2D eigenvalue weighted by molar-refractivity contribution is -0.569. The van der Waals surface area contributed by atoms with Crippen LogP contribution in [-0.4, -0.2) is 32.0 Å². The minimum atomic E-state index is 0.153. The second-order valence-electron chi connectivity index (χ2n) is 4.44. The fraction of sp³-hybridized carbons (Fsp3) is 0.0769. The molecule has 0 bridgehead atoms. The highest BCUT2D eigenvalue weighted by Crippen LogP contribution is 2.19. The average Bonchev–Trinajstić information content (AvgIpc) is 3.11. The van der Waals surface area contributed by atoms with Crippen molar-refractivity contribution >= 4 is 33.8 Å². The van der Waals surface area contributed by atoms with Crippen molar-refractivity contribution in [2.75, 3.05) is 7.11 Å². The Labute approximate surface area is 123 Å². The number of ether oxygens (including phenoxy) is 1. The molecule has 0 atom stereocenters. The number of halogens is 1. The first-order valence-electron chi connectivity index (χ1n) is 6.20. The largest absolute Gasteiger partial charge is 0.497 e. The zero-order chi connectivity index (χ0) is 14.4. The van der Waals surface area contributed by atoms with E-state index in [1.165, 1.54) is 0 Å². The van der Waals surface area contributed by atoms with Gasteiger partial charge in [-0.05, 0) is 23.7 Å². The van der Waals surface area contributed by atoms with Crippen molar-refractivity contribution in [3.8, 4) is 11.6 Å². The lowest BCUT2D eigenvalue weighted by atomic mass is 10.3. The third-order valence-electron chi connectivity index (χ3n) is 3.28. The molecule has 4 rings (SSSR count). The molecule has 0 aliphatic rings. The molecule has 104 valence electrons. The molecule has 0 aliphatic heterocycles. The molecule has 8 heteroatoms. The summed E-state index contributed by atoms with van der Waals surface area (Å²) in [6, 6.07) is 5.75. The number of hydrogen-bond acceptors (Lipinski definition) is 4. The first-order chi connectivity index (χ1) is 10.3. The number of fused-ring (bicyclic) bond motifs is 2. The molecule has 0 saturated heterocycles. The zero-order valence-corrected chi connectivity index (χ0v) is 11.7. The number of rotatable bonds is 2. The fourth-order valence-electron chi connectivity index (χ4n) is 2.31. The van der Waals surface area contributed by atoms with E-state index in [2.05, 4.69) is 24.9 Å². The number of aromatic nitrogens is 6. The normalized spacial score (nSPS) is 11.3. The topological polar surface area (TPSA) is 83.4 Å². The number of aromatic amines is 2. The smallest absolute Gasteiger partial charge is 0.301 e. The van der Waals surface area contributed by atoms with E-state index in [9.17, 15) is 0 Å². The molecule has 0 spiro atoms. The first kappa shape index (κ1) is 12.1. The molecule has 0 fully saturated rings. The summed E-state index contributed by atoms with van der Waals surface area (Å²) >= 11 is 5.98. The quantitative estimate of drug-likeness (QED) is 0.436. The van der Waals surface area contributed by atoms with E-state index >= 15 is 0 Å². The Morgan fingerprint density at radius 1 is 1.24 bits per heavy atom. The van der Waals surface area contributed by atoms with Crippen molar-refractivity contribution in [1.82, 2.24) is 24.9 Å². The maximum Gasteiger partial charge on any atom is 0.301 e. The van der Waals surface area contributed by atoms with Crippen LogP contribution < -0.4 is 9.30 Å². The van der Waals surface area contributed by atoms with Crippen LogP contribution in [0.3, 0.4) is 0 Å². The molecule has 2 N–H and O–H groups in total. The molecule has 4 aromatic rings. The van der Waals surface area contributed by atoms with Gasteiger partial charge in [0.25, 0.3) is 5.82 Å². The van der Waals surface area contributed by atoms with Gasteiger partial charge in [0.05, 0.1) is 13.4 Å². The molecule has 3 heterocycles. The molecule has 0 saturated carbocycles. The lowest BCUT2D eigenvalue weighted by Crippen LogP contribution is -2.30. The highest BCUT2D eigenvalue weighted by molar-refractivity contribution is 6.28. The van der Waals surface area contributed by atoms with E-state index in [0.29, 0.717) is 11.5 Å². The molecule has 0 radical (unpaired) electrons. The summed E-state index contributed by atoms with van der Waals surface area (Å²) in [4.78, 5) is 18.7. The Bertz CT molecular complexity index is 960. The second kappa shape index (κ2) is 4.42. The minimum absolute atomic E-state index is 0.153. The minimum Gasteiger partial charge on any atom is -0.497 e. The van der Waals surface area contributed by atoms with Crippen molar-refractivity contribution in [1.29, 1.82) is 0 Å². The van der Waals surface area contributed by atoms with E-state index < -0.39 is 0 Å². The van der Waals surface area contributed by atoms with Crippen molar-refractivity contribution in [3.63, 3.8) is 0 Å². The van der Waals surface area contributed by atoms with Gasteiger partial charge in [-0.2, -0.15) is 9.55 Å². The summed E-state index contributed by atoms with van der Waals surface area (Å²) in [5.41, 5.74) is 3.12. The van der Waals surface area contributed by atoms with Crippen LogP contribution in [0.4, 0.5) is 0 Å². The molecular weight excluding hydrogens is 292 g/mol. The number of methoxy groups -OCH3 is 1. The highest BCUT2D eigenvalue weighted by atomic mass is 35.5. The van der Waals surface area contributed by atoms with Crippen LogP contribution in [0, 0.1) is 0 Å². The van der Waals surface area contributed by atoms with E-state index in [-0.39, 0.29) is 5.28 Å². The number of imidazole rings is 2. The second-order valence-corrected chi connectivity index (χ2v) is 4.78. The molecule has 0 aliphatic carbocycles. The summed E-state index contributed by atoms with van der Waals surface area (Å²) < 4.78 is 7.11. The van der Waals surface area contributed by atoms with Crippen molar-refractivity contribution in [3.05, 3.63) is 36.1 Å². The lowest BCUT2D eigenvalue weighted by Gasteiger charge is -1.99. The fourth-order valence-corrected chi connectivity index (χ4v) is 2.47. The summed E-state index contributed by atoms with van der Waals surface area (Å²) in [7, 11) is 1.64. The Morgan fingerprint density at radius 3 is 3.00 bits per heavy atom. The average molecular weight is 302 g/mol. The van der Waals surface area contributed by atoms with Crippen LogP contribution in [0.15, 0.2) is 30.9 Å². The van der Waals surface area contributed by atoms with Crippen LogP contribution in [0.25, 0.3) is 28.0 Å². The van der Waals surface area contributed by atoms with Gasteiger partial charge < -0.3 is 9.72 Å². The summed E-state index contributed by atoms with van der Waals surface area (Å²) in [5.74, 6) is 1.42. The molecule has 0 amide bonds. The number of nitrogens with one attached hydrogen (secondary N) is 2. The summed E-state index contributed by atoms with van der Waals surface area (Å²) in [6.45, 7) is 0. The monoisotopic (exact) mass is 301 g/mol. The summed E-state index contributed by atoms with van der Waals surface area (Å²) in [6.07, 6.45) is 3.38. The van der Waals surface area contributed by atoms with Crippen molar-refractivity contribution in [2.24, 2.45) is 0 Å². The Morgan fingerprint density at radius 2 is 2.14 bits per heavy atom. The molecule has 1 aromatic carbocycles. The van der Waals surface area contributed by atoms with Gasteiger partial charge in [-0.25, -0.2) is 4.98 Å². The van der Waals surface area contributed by atoms with E-state index in [1.807, 2.05) is 29.1 Å². The number of hydrogen-bond donors (Lipinski definition) is 2. The zero-order valence-electron chi connectivity index (χ0n) is 11.0. The van der Waals surface area contributed by atoms with Gasteiger partial charge in [-0.1, -0.05) is 4.98 Å². The van der Waals surface area contributed by atoms with Crippen molar-refractivity contribution in [2.45, 2.75) is 0 Å². The Kier molecular flexibility index (Phi) is 2.55. The highest BCUT2D eigenvalue weighted by Gasteiger charge is 2.20. The van der Waals surface area contributed by atoms with Crippen LogP contribution in [-0.2, 0) is 0 Å². The number of nitrogens with zero attached hydrogens (tertiary/aromatic N) is 4. The van der Waals surface area contributed by atoms with E-state index in [1.54, 1.807) is 13.4 Å². The predicted octanol–water partition coefficient (Wildman–Crippen LogP) is 1.77. The third-order valence-corrected chi connectivity index (χ3v) is 3.45. The van der Waals surface area contributed by atoms with Crippen LogP contribution in [0.1, 0.15) is 0 Å². The van der Waals surface area contributed by atoms with Crippen LogP contribution in [0.5, 0.6) is 5.75 Å². The van der Waals surface area contributed by atoms with E-state index in [4.69, 9.17) is 16.3 Å². The first-order valence-corrected chi connectivity index (χ1v) is 6.58. The van der Waals surface area contributed by atoms with Crippen LogP contribution in [0.2, 0.25) is 5.28 Å². The van der Waals surface area contributed by atoms with Gasteiger partial charge in [0.2, 0.25) is 0 Å².